The minimum Gasteiger partial charge on any atom is -0.355 e. The number of benzene rings is 1. The van der Waals surface area contributed by atoms with E-state index in [0.29, 0.717) is 21.5 Å². The predicted molar refractivity (Wildman–Crippen MR) is 63.0 cm³/mol. The van der Waals surface area contributed by atoms with Crippen LogP contribution in [0.1, 0.15) is 10.4 Å². The topological polar surface area (TPSA) is 62.0 Å². The van der Waals surface area contributed by atoms with Gasteiger partial charge >= 0.3 is 0 Å². The van der Waals surface area contributed by atoms with E-state index in [4.69, 9.17) is 11.6 Å². The largest absolute Gasteiger partial charge is 0.355 e. The van der Waals surface area contributed by atoms with Crippen LogP contribution in [0.4, 0.5) is 0 Å². The normalized spacial score (nSPS) is 10.4. The van der Waals surface area contributed by atoms with E-state index in [1.807, 2.05) is 0 Å². The molecule has 2 rings (SSSR count). The quantitative estimate of drug-likeness (QED) is 0.789. The van der Waals surface area contributed by atoms with Crippen molar-refractivity contribution < 1.29 is 4.79 Å². The number of rotatable bonds is 1. The van der Waals surface area contributed by atoms with Crippen molar-refractivity contribution in [3.63, 3.8) is 0 Å². The predicted octanol–water partition coefficient (Wildman–Crippen LogP) is 1.54. The van der Waals surface area contributed by atoms with Crippen LogP contribution in [0.3, 0.4) is 0 Å². The Hall–Kier alpha value is -1.81. The second kappa shape index (κ2) is 3.98. The van der Waals surface area contributed by atoms with Gasteiger partial charge < -0.3 is 10.3 Å². The number of carbonyl (C=O) groups is 1. The molecule has 0 unspecified atom stereocenters. The van der Waals surface area contributed by atoms with Crippen LogP contribution in [0.15, 0.2) is 29.1 Å². The highest BCUT2D eigenvalue weighted by molar-refractivity contribution is 6.35. The lowest BCUT2D eigenvalue weighted by Gasteiger charge is -2.05. The van der Waals surface area contributed by atoms with E-state index in [-0.39, 0.29) is 11.5 Å². The fourth-order valence-corrected chi connectivity index (χ4v) is 1.79. The molecule has 1 aromatic carbocycles. The molecule has 0 radical (unpaired) electrons. The SMILES string of the molecule is CNC(=O)c1cc(=O)[nH]c2c(Cl)cccc12. The molecule has 0 atom stereocenters. The van der Waals surface area contributed by atoms with Gasteiger partial charge in [0.25, 0.3) is 5.91 Å². The Labute approximate surface area is 96.2 Å². The van der Waals surface area contributed by atoms with Gasteiger partial charge in [-0.05, 0) is 6.07 Å². The van der Waals surface area contributed by atoms with E-state index in [1.165, 1.54) is 13.1 Å². The van der Waals surface area contributed by atoms with Crippen molar-refractivity contribution in [1.29, 1.82) is 0 Å². The van der Waals surface area contributed by atoms with Crippen LogP contribution in [-0.2, 0) is 0 Å². The van der Waals surface area contributed by atoms with E-state index in [1.54, 1.807) is 18.2 Å². The first kappa shape index (κ1) is 10.7. The third-order valence-corrected chi connectivity index (χ3v) is 2.61. The minimum absolute atomic E-state index is 0.307. The highest BCUT2D eigenvalue weighted by Crippen LogP contribution is 2.22. The molecule has 0 aliphatic heterocycles. The molecular weight excluding hydrogens is 228 g/mol. The van der Waals surface area contributed by atoms with E-state index in [9.17, 15) is 9.59 Å². The molecule has 2 N–H and O–H groups in total. The summed E-state index contributed by atoms with van der Waals surface area (Å²) < 4.78 is 0. The van der Waals surface area contributed by atoms with Gasteiger partial charge in [0.15, 0.2) is 0 Å². The van der Waals surface area contributed by atoms with Crippen molar-refractivity contribution in [2.24, 2.45) is 0 Å². The summed E-state index contributed by atoms with van der Waals surface area (Å²) in [6.07, 6.45) is 0. The number of pyridine rings is 1. The highest BCUT2D eigenvalue weighted by atomic mass is 35.5. The number of fused-ring (bicyclic) bond motifs is 1. The molecule has 2 aromatic rings. The van der Waals surface area contributed by atoms with Crippen molar-refractivity contribution in [2.75, 3.05) is 7.05 Å². The molecule has 0 spiro atoms. The fourth-order valence-electron chi connectivity index (χ4n) is 1.57. The maximum atomic E-state index is 11.6. The van der Waals surface area contributed by atoms with Gasteiger partial charge in [0, 0.05) is 18.5 Å². The van der Waals surface area contributed by atoms with Crippen LogP contribution in [0, 0.1) is 0 Å². The van der Waals surface area contributed by atoms with Gasteiger partial charge in [0.1, 0.15) is 0 Å². The second-order valence-corrected chi connectivity index (χ2v) is 3.70. The molecule has 0 aliphatic carbocycles. The first-order valence-electron chi connectivity index (χ1n) is 4.67. The molecule has 1 heterocycles. The monoisotopic (exact) mass is 236 g/mol. The van der Waals surface area contributed by atoms with Gasteiger partial charge in [-0.1, -0.05) is 23.7 Å². The number of hydrogen-bond donors (Lipinski definition) is 2. The number of aromatic amines is 1. The molecule has 0 saturated heterocycles. The molecule has 16 heavy (non-hydrogen) atoms. The van der Waals surface area contributed by atoms with Crippen molar-refractivity contribution >= 4 is 28.4 Å². The molecule has 82 valence electrons. The maximum absolute atomic E-state index is 11.6. The van der Waals surface area contributed by atoms with E-state index in [2.05, 4.69) is 10.3 Å². The second-order valence-electron chi connectivity index (χ2n) is 3.29. The van der Waals surface area contributed by atoms with Crippen molar-refractivity contribution in [3.05, 3.63) is 45.2 Å². The Bertz CT molecular complexity index is 619. The summed E-state index contributed by atoms with van der Waals surface area (Å²) in [5.41, 5.74) is 0.457. The summed E-state index contributed by atoms with van der Waals surface area (Å²) in [5.74, 6) is -0.307. The molecule has 4 nitrogen and oxygen atoms in total. The molecular formula is C11H9ClN2O2. The summed E-state index contributed by atoms with van der Waals surface area (Å²) in [4.78, 5) is 25.6. The summed E-state index contributed by atoms with van der Waals surface area (Å²) in [6.45, 7) is 0. The first-order valence-corrected chi connectivity index (χ1v) is 5.05. The summed E-state index contributed by atoms with van der Waals surface area (Å²) in [6, 6.07) is 6.39. The van der Waals surface area contributed by atoms with Gasteiger partial charge in [-0.15, -0.1) is 0 Å². The lowest BCUT2D eigenvalue weighted by atomic mass is 10.1. The molecule has 0 saturated carbocycles. The van der Waals surface area contributed by atoms with Crippen LogP contribution < -0.4 is 10.9 Å². The third kappa shape index (κ3) is 1.67. The number of halogens is 1. The Kier molecular flexibility index (Phi) is 2.66. The molecule has 1 aromatic heterocycles. The van der Waals surface area contributed by atoms with Crippen molar-refractivity contribution in [1.82, 2.24) is 10.3 Å². The van der Waals surface area contributed by atoms with Crippen LogP contribution in [0.5, 0.6) is 0 Å². The Balaban J connectivity index is 2.88. The lowest BCUT2D eigenvalue weighted by molar-refractivity contribution is 0.0964. The van der Waals surface area contributed by atoms with E-state index < -0.39 is 0 Å². The van der Waals surface area contributed by atoms with Gasteiger partial charge in [-0.25, -0.2) is 0 Å². The average Bonchev–Trinajstić information content (AvgIpc) is 2.28. The van der Waals surface area contributed by atoms with Gasteiger partial charge in [0.05, 0.1) is 16.1 Å². The number of para-hydroxylation sites is 1. The van der Waals surface area contributed by atoms with Crippen molar-refractivity contribution in [2.45, 2.75) is 0 Å². The highest BCUT2D eigenvalue weighted by Gasteiger charge is 2.11. The zero-order chi connectivity index (χ0) is 11.7. The smallest absolute Gasteiger partial charge is 0.251 e. The Morgan fingerprint density at radius 2 is 2.19 bits per heavy atom. The summed E-state index contributed by atoms with van der Waals surface area (Å²) >= 11 is 5.95. The number of amides is 1. The molecule has 1 amide bonds. The average molecular weight is 237 g/mol. The number of carbonyl (C=O) groups excluding carboxylic acids is 1. The van der Waals surface area contributed by atoms with Crippen LogP contribution in [0.25, 0.3) is 10.9 Å². The van der Waals surface area contributed by atoms with Gasteiger partial charge in [-0.2, -0.15) is 0 Å². The zero-order valence-corrected chi connectivity index (χ0v) is 9.26. The maximum Gasteiger partial charge on any atom is 0.251 e. The third-order valence-electron chi connectivity index (χ3n) is 2.30. The van der Waals surface area contributed by atoms with Crippen LogP contribution in [-0.4, -0.2) is 17.9 Å². The fraction of sp³-hybridized carbons (Fsp3) is 0.0909. The molecule has 0 fully saturated rings. The van der Waals surface area contributed by atoms with Crippen molar-refractivity contribution in [3.8, 4) is 0 Å². The van der Waals surface area contributed by atoms with Crippen LogP contribution in [0.2, 0.25) is 5.02 Å². The summed E-state index contributed by atoms with van der Waals surface area (Å²) in [5, 5.41) is 3.53. The van der Waals surface area contributed by atoms with E-state index >= 15 is 0 Å². The molecule has 0 aliphatic rings. The number of hydrogen-bond acceptors (Lipinski definition) is 2. The number of nitrogens with one attached hydrogen (secondary N) is 2. The minimum atomic E-state index is -0.348. The molecule has 0 bridgehead atoms. The zero-order valence-electron chi connectivity index (χ0n) is 8.50. The number of aromatic nitrogens is 1. The first-order chi connectivity index (χ1) is 7.63. The standard InChI is InChI=1S/C11H9ClN2O2/c1-13-11(16)7-5-9(15)14-10-6(7)3-2-4-8(10)12/h2-5H,1H3,(H,13,16)(H,14,15). The van der Waals surface area contributed by atoms with Gasteiger partial charge in [0.2, 0.25) is 5.56 Å². The molecule has 5 heteroatoms. The Morgan fingerprint density at radius 3 is 2.88 bits per heavy atom. The number of H-pyrrole nitrogens is 1. The Morgan fingerprint density at radius 1 is 1.44 bits per heavy atom. The lowest BCUT2D eigenvalue weighted by Crippen LogP contribution is -2.21. The summed E-state index contributed by atoms with van der Waals surface area (Å²) in [7, 11) is 1.51. The van der Waals surface area contributed by atoms with Crippen LogP contribution >= 0.6 is 11.6 Å². The van der Waals surface area contributed by atoms with Gasteiger partial charge in [-0.3, -0.25) is 9.59 Å². The van der Waals surface area contributed by atoms with E-state index in [0.717, 1.165) is 0 Å².